The molecule has 0 aliphatic carbocycles. The average Bonchev–Trinajstić information content (AvgIpc) is 2.37. The zero-order chi connectivity index (χ0) is 14.4. The molecule has 0 aliphatic heterocycles. The fraction of sp³-hybridized carbons (Fsp3) is 0.500. The zero-order valence-corrected chi connectivity index (χ0v) is 14.1. The molecule has 0 saturated carbocycles. The second kappa shape index (κ2) is 7.82. The number of likely N-dealkylation sites (N-methyl/N-ethyl adjacent to an activating group) is 1. The number of hydrogen-bond donors (Lipinski definition) is 2. The fourth-order valence-corrected chi connectivity index (χ4v) is 2.64. The minimum Gasteiger partial charge on any atom is -0.389 e. The van der Waals surface area contributed by atoms with Crippen molar-refractivity contribution >= 4 is 38.8 Å². The third kappa shape index (κ3) is 5.09. The van der Waals surface area contributed by atoms with Gasteiger partial charge in [0.05, 0.1) is 0 Å². The molecule has 0 heterocycles. The molecule has 1 atom stereocenters. The summed E-state index contributed by atoms with van der Waals surface area (Å²) in [5.41, 5.74) is 7.57. The number of hydrogen-bond acceptors (Lipinski definition) is 3. The van der Waals surface area contributed by atoms with Crippen LogP contribution in [0.4, 0.5) is 5.69 Å². The Bertz CT molecular complexity index is 437. The van der Waals surface area contributed by atoms with E-state index in [0.29, 0.717) is 11.0 Å². The van der Waals surface area contributed by atoms with Gasteiger partial charge in [-0.1, -0.05) is 19.1 Å². The molecule has 3 nitrogen and oxygen atoms in total. The summed E-state index contributed by atoms with van der Waals surface area (Å²) in [6, 6.07) is 6.57. The highest BCUT2D eigenvalue weighted by Crippen LogP contribution is 2.21. The Balaban J connectivity index is 2.51. The number of anilines is 1. The maximum Gasteiger partial charge on any atom is 0.105 e. The van der Waals surface area contributed by atoms with E-state index in [2.05, 4.69) is 47.0 Å². The van der Waals surface area contributed by atoms with E-state index >= 15 is 0 Å². The van der Waals surface area contributed by atoms with Crippen molar-refractivity contribution in [2.45, 2.75) is 26.3 Å². The number of rotatable bonds is 7. The van der Waals surface area contributed by atoms with E-state index in [1.807, 2.05) is 18.2 Å². The second-order valence-electron chi connectivity index (χ2n) is 4.72. The first kappa shape index (κ1) is 16.4. The van der Waals surface area contributed by atoms with E-state index in [4.69, 9.17) is 18.0 Å². The summed E-state index contributed by atoms with van der Waals surface area (Å²) in [5, 5.41) is 3.41. The van der Waals surface area contributed by atoms with Gasteiger partial charge in [0, 0.05) is 34.9 Å². The Hall–Kier alpha value is -0.650. The first-order valence-electron chi connectivity index (χ1n) is 6.49. The van der Waals surface area contributed by atoms with Crippen molar-refractivity contribution in [3.05, 3.63) is 28.2 Å². The molecule has 1 aromatic rings. The molecule has 0 radical (unpaired) electrons. The lowest BCUT2D eigenvalue weighted by molar-refractivity contribution is 0.261. The highest BCUT2D eigenvalue weighted by atomic mass is 79.9. The van der Waals surface area contributed by atoms with Crippen LogP contribution in [0.2, 0.25) is 0 Å². The van der Waals surface area contributed by atoms with Crippen molar-refractivity contribution in [1.29, 1.82) is 0 Å². The van der Waals surface area contributed by atoms with E-state index in [-0.39, 0.29) is 0 Å². The number of halogens is 1. The Morgan fingerprint density at radius 3 is 2.74 bits per heavy atom. The first-order chi connectivity index (χ1) is 8.95. The van der Waals surface area contributed by atoms with Gasteiger partial charge in [-0.05, 0) is 54.5 Å². The van der Waals surface area contributed by atoms with Gasteiger partial charge in [0.2, 0.25) is 0 Å². The van der Waals surface area contributed by atoms with Crippen LogP contribution in [0.15, 0.2) is 22.7 Å². The number of benzene rings is 1. The molecule has 106 valence electrons. The van der Waals surface area contributed by atoms with Crippen LogP contribution in [0.1, 0.15) is 25.8 Å². The minimum absolute atomic E-state index is 0.412. The van der Waals surface area contributed by atoms with Gasteiger partial charge in [-0.2, -0.15) is 0 Å². The van der Waals surface area contributed by atoms with E-state index in [1.54, 1.807) is 0 Å². The van der Waals surface area contributed by atoms with E-state index in [9.17, 15) is 0 Å². The molecule has 0 aromatic heterocycles. The van der Waals surface area contributed by atoms with Crippen LogP contribution in [0.25, 0.3) is 0 Å². The van der Waals surface area contributed by atoms with Crippen LogP contribution in [0.3, 0.4) is 0 Å². The molecule has 0 saturated heterocycles. The molecule has 1 rings (SSSR count). The van der Waals surface area contributed by atoms with Crippen molar-refractivity contribution in [3.63, 3.8) is 0 Å². The molecule has 3 N–H and O–H groups in total. The number of nitrogens with zero attached hydrogens (tertiary/aromatic N) is 1. The van der Waals surface area contributed by atoms with E-state index in [0.717, 1.165) is 28.8 Å². The SMILES string of the molecule is CCC(C)N(C)CCNc1ccc(C(N)=S)c(Br)c1. The number of nitrogens with one attached hydrogen (secondary N) is 1. The van der Waals surface area contributed by atoms with E-state index in [1.165, 1.54) is 6.42 Å². The molecule has 19 heavy (non-hydrogen) atoms. The molecule has 0 aliphatic rings. The summed E-state index contributed by atoms with van der Waals surface area (Å²) in [5.74, 6) is 0. The predicted octanol–water partition coefficient (Wildman–Crippen LogP) is 3.23. The monoisotopic (exact) mass is 343 g/mol. The van der Waals surface area contributed by atoms with Crippen molar-refractivity contribution in [1.82, 2.24) is 4.90 Å². The lowest BCUT2D eigenvalue weighted by Crippen LogP contribution is -2.32. The quantitative estimate of drug-likeness (QED) is 0.746. The molecule has 5 heteroatoms. The Labute approximate surface area is 129 Å². The molecule has 0 fully saturated rings. The number of nitrogens with two attached hydrogens (primary N) is 1. The predicted molar refractivity (Wildman–Crippen MR) is 90.9 cm³/mol. The smallest absolute Gasteiger partial charge is 0.105 e. The standard InChI is InChI=1S/C14H22BrN3S/c1-4-10(2)18(3)8-7-17-11-5-6-12(14(16)19)13(15)9-11/h5-6,9-10,17H,4,7-8H2,1-3H3,(H2,16,19). The first-order valence-corrected chi connectivity index (χ1v) is 7.69. The fourth-order valence-electron chi connectivity index (χ4n) is 1.73. The minimum atomic E-state index is 0.412. The Morgan fingerprint density at radius 2 is 2.21 bits per heavy atom. The molecule has 0 amide bonds. The van der Waals surface area contributed by atoms with Crippen LogP contribution in [-0.4, -0.2) is 36.1 Å². The normalized spacial score (nSPS) is 12.5. The molecule has 0 bridgehead atoms. The Kier molecular flexibility index (Phi) is 6.75. The summed E-state index contributed by atoms with van der Waals surface area (Å²) >= 11 is 8.46. The van der Waals surface area contributed by atoms with Gasteiger partial charge >= 0.3 is 0 Å². The molecular formula is C14H22BrN3S. The van der Waals surface area contributed by atoms with Crippen molar-refractivity contribution in [2.24, 2.45) is 5.73 Å². The molecule has 1 unspecified atom stereocenters. The van der Waals surface area contributed by atoms with Gasteiger partial charge in [0.15, 0.2) is 0 Å². The van der Waals surface area contributed by atoms with Crippen LogP contribution >= 0.6 is 28.1 Å². The summed E-state index contributed by atoms with van der Waals surface area (Å²) in [6.07, 6.45) is 1.17. The van der Waals surface area contributed by atoms with Crippen LogP contribution in [-0.2, 0) is 0 Å². The van der Waals surface area contributed by atoms with Crippen LogP contribution in [0, 0.1) is 0 Å². The van der Waals surface area contributed by atoms with Gasteiger partial charge < -0.3 is 16.0 Å². The third-order valence-corrected chi connectivity index (χ3v) is 4.25. The van der Waals surface area contributed by atoms with Gasteiger partial charge in [-0.15, -0.1) is 0 Å². The summed E-state index contributed by atoms with van der Waals surface area (Å²) in [6.45, 7) is 6.39. The van der Waals surface area contributed by atoms with Crippen LogP contribution in [0.5, 0.6) is 0 Å². The summed E-state index contributed by atoms with van der Waals surface area (Å²) in [7, 11) is 2.15. The van der Waals surface area contributed by atoms with Crippen molar-refractivity contribution < 1.29 is 0 Å². The number of thiocarbonyl (C=S) groups is 1. The molecular weight excluding hydrogens is 322 g/mol. The average molecular weight is 344 g/mol. The van der Waals surface area contributed by atoms with Gasteiger partial charge in [0.1, 0.15) is 4.99 Å². The van der Waals surface area contributed by atoms with Gasteiger partial charge in [-0.25, -0.2) is 0 Å². The van der Waals surface area contributed by atoms with Gasteiger partial charge in [0.25, 0.3) is 0 Å². The van der Waals surface area contributed by atoms with Crippen molar-refractivity contribution in [3.8, 4) is 0 Å². The highest BCUT2D eigenvalue weighted by Gasteiger charge is 2.06. The summed E-state index contributed by atoms with van der Waals surface area (Å²) in [4.78, 5) is 2.76. The molecule has 1 aromatic carbocycles. The lowest BCUT2D eigenvalue weighted by Gasteiger charge is -2.23. The highest BCUT2D eigenvalue weighted by molar-refractivity contribution is 9.10. The third-order valence-electron chi connectivity index (χ3n) is 3.37. The largest absolute Gasteiger partial charge is 0.389 e. The molecule has 0 spiro atoms. The van der Waals surface area contributed by atoms with Crippen LogP contribution < -0.4 is 11.1 Å². The van der Waals surface area contributed by atoms with Crippen molar-refractivity contribution in [2.75, 3.05) is 25.5 Å². The van der Waals surface area contributed by atoms with E-state index < -0.39 is 0 Å². The maximum atomic E-state index is 5.63. The topological polar surface area (TPSA) is 41.3 Å². The lowest BCUT2D eigenvalue weighted by atomic mass is 10.2. The second-order valence-corrected chi connectivity index (χ2v) is 6.02. The van der Waals surface area contributed by atoms with Gasteiger partial charge in [-0.3, -0.25) is 0 Å². The maximum absolute atomic E-state index is 5.63. The Morgan fingerprint density at radius 1 is 1.53 bits per heavy atom. The zero-order valence-electron chi connectivity index (χ0n) is 11.7. The summed E-state index contributed by atoms with van der Waals surface area (Å²) < 4.78 is 0.931.